The molecular formula is C28H35N5O6S. The molecule has 2 aliphatic rings. The predicted molar refractivity (Wildman–Crippen MR) is 152 cm³/mol. The summed E-state index contributed by atoms with van der Waals surface area (Å²) in [7, 11) is 1.33. The van der Waals surface area contributed by atoms with E-state index in [4.69, 9.17) is 0 Å². The molecule has 1 aliphatic carbocycles. The van der Waals surface area contributed by atoms with Crippen LogP contribution in [-0.4, -0.2) is 57.9 Å². The molecule has 1 saturated heterocycles. The Balaban J connectivity index is 1.57. The molecule has 2 fully saturated rings. The van der Waals surface area contributed by atoms with Crippen LogP contribution in [0, 0.1) is 11.8 Å². The van der Waals surface area contributed by atoms with Gasteiger partial charge in [-0.15, -0.1) is 12.6 Å². The summed E-state index contributed by atoms with van der Waals surface area (Å²) >= 11 is 4.17. The van der Waals surface area contributed by atoms with Crippen molar-refractivity contribution in [1.82, 2.24) is 20.5 Å². The number of benzene rings is 1. The van der Waals surface area contributed by atoms with E-state index in [0.29, 0.717) is 19.4 Å². The van der Waals surface area contributed by atoms with E-state index in [1.54, 1.807) is 6.07 Å². The van der Waals surface area contributed by atoms with Crippen LogP contribution in [0.15, 0.2) is 53.5 Å². The van der Waals surface area contributed by atoms with Crippen molar-refractivity contribution < 1.29 is 24.3 Å². The van der Waals surface area contributed by atoms with Gasteiger partial charge in [0.05, 0.1) is 12.5 Å². The predicted octanol–water partition coefficient (Wildman–Crippen LogP) is 0.746. The number of likely N-dealkylation sites (N-methyl/N-ethyl adjacent to an activating group) is 1. The number of hydrogen-bond donors (Lipinski definition) is 6. The lowest BCUT2D eigenvalue weighted by Gasteiger charge is -2.33. The van der Waals surface area contributed by atoms with Gasteiger partial charge in [0.15, 0.2) is 0 Å². The fourth-order valence-electron chi connectivity index (χ4n) is 4.93. The van der Waals surface area contributed by atoms with Crippen molar-refractivity contribution in [2.45, 2.75) is 55.5 Å². The van der Waals surface area contributed by atoms with Crippen LogP contribution < -0.4 is 26.8 Å². The number of carbonyl (C=O) groups is 4. The molecule has 1 aliphatic heterocycles. The van der Waals surface area contributed by atoms with Crippen LogP contribution in [0.5, 0.6) is 0 Å². The molecule has 4 atom stereocenters. The minimum absolute atomic E-state index is 0.0222. The van der Waals surface area contributed by atoms with Crippen LogP contribution in [0.2, 0.25) is 0 Å². The van der Waals surface area contributed by atoms with E-state index >= 15 is 0 Å². The quantitative estimate of drug-likeness (QED) is 0.164. The Kier molecular flexibility index (Phi) is 9.31. The zero-order valence-electron chi connectivity index (χ0n) is 22.3. The molecule has 11 nitrogen and oxygen atoms in total. The summed E-state index contributed by atoms with van der Waals surface area (Å²) in [5.74, 6) is -2.33. The van der Waals surface area contributed by atoms with Gasteiger partial charge in [-0.05, 0) is 42.9 Å². The second-order valence-electron chi connectivity index (χ2n) is 10.4. The van der Waals surface area contributed by atoms with Gasteiger partial charge in [0, 0.05) is 25.7 Å². The van der Waals surface area contributed by atoms with Gasteiger partial charge in [-0.1, -0.05) is 43.2 Å². The van der Waals surface area contributed by atoms with E-state index in [1.807, 2.05) is 30.3 Å². The Morgan fingerprint density at radius 3 is 2.45 bits per heavy atom. The van der Waals surface area contributed by atoms with Gasteiger partial charge in [0.25, 0.3) is 11.5 Å². The van der Waals surface area contributed by atoms with E-state index in [9.17, 15) is 29.1 Å². The van der Waals surface area contributed by atoms with Crippen LogP contribution in [-0.2, 0) is 25.6 Å². The highest BCUT2D eigenvalue weighted by molar-refractivity contribution is 7.82. The van der Waals surface area contributed by atoms with Gasteiger partial charge in [-0.25, -0.2) is 0 Å². The number of carbonyl (C=O) groups excluding carboxylic acids is 4. The van der Waals surface area contributed by atoms with Gasteiger partial charge >= 0.3 is 0 Å². The Bertz CT molecular complexity index is 1310. The molecule has 214 valence electrons. The fourth-order valence-corrected chi connectivity index (χ4v) is 5.21. The standard InChI is InChI=1S/C28H35N5O6S/c1-29-27(38)28(39,40)22(16-19-11-12-30-24(19)35)32-25(36)21(14-18-9-10-18)33-13-5-8-20(26(33)37)31-23(34)15-17-6-3-2-4-7-17/h2-8,13,18-19,21-22,39-40H,9-12,14-16H2,1H3,(H,29,38)(H,30,35)(H,31,34)(H,32,36)/t19-,21-,22-,28-/m0/s1. The van der Waals surface area contributed by atoms with E-state index in [0.717, 1.165) is 18.4 Å². The van der Waals surface area contributed by atoms with Gasteiger partial charge in [0.2, 0.25) is 22.7 Å². The molecule has 0 spiro atoms. The first-order chi connectivity index (χ1) is 19.1. The molecule has 12 heteroatoms. The van der Waals surface area contributed by atoms with Crippen molar-refractivity contribution >= 4 is 41.9 Å². The molecule has 2 heterocycles. The first-order valence-electron chi connectivity index (χ1n) is 13.4. The summed E-state index contributed by atoms with van der Waals surface area (Å²) < 4.78 is 1.27. The Labute approximate surface area is 237 Å². The summed E-state index contributed by atoms with van der Waals surface area (Å²) in [6.45, 7) is 0.456. The molecule has 4 rings (SSSR count). The normalized spacial score (nSPS) is 19.6. The number of anilines is 1. The minimum atomic E-state index is -2.31. The number of pyridine rings is 1. The van der Waals surface area contributed by atoms with Gasteiger partial charge in [-0.2, -0.15) is 0 Å². The average Bonchev–Trinajstić information content (AvgIpc) is 3.67. The molecule has 1 saturated carbocycles. The highest BCUT2D eigenvalue weighted by Gasteiger charge is 2.45. The van der Waals surface area contributed by atoms with Crippen molar-refractivity contribution in [3.8, 4) is 0 Å². The third-order valence-corrected chi connectivity index (χ3v) is 7.91. The molecule has 0 unspecified atom stereocenters. The SMILES string of the molecule is CNC(=O)[C@@](O)(S)[C@H](C[C@@H]1CCNC1=O)NC(=O)[C@H](CC1CC1)n1cccc(NC(=O)Cc2ccccc2)c1=O. The second-order valence-corrected chi connectivity index (χ2v) is 11.1. The highest BCUT2D eigenvalue weighted by Crippen LogP contribution is 2.37. The average molecular weight is 570 g/mol. The molecule has 1 aromatic heterocycles. The molecule has 5 N–H and O–H groups in total. The molecule has 40 heavy (non-hydrogen) atoms. The third kappa shape index (κ3) is 7.11. The van der Waals surface area contributed by atoms with Crippen molar-refractivity contribution in [1.29, 1.82) is 0 Å². The monoisotopic (exact) mass is 569 g/mol. The lowest BCUT2D eigenvalue weighted by molar-refractivity contribution is -0.136. The van der Waals surface area contributed by atoms with E-state index < -0.39 is 40.3 Å². The second kappa shape index (κ2) is 12.7. The molecule has 0 radical (unpaired) electrons. The number of thiol groups is 1. The fraction of sp³-hybridized carbons (Fsp3) is 0.464. The van der Waals surface area contributed by atoms with Crippen molar-refractivity contribution in [3.05, 3.63) is 64.6 Å². The molecule has 2 aromatic rings. The van der Waals surface area contributed by atoms with Gasteiger partial charge < -0.3 is 30.9 Å². The van der Waals surface area contributed by atoms with Crippen molar-refractivity contribution in [2.75, 3.05) is 18.9 Å². The number of amides is 4. The van der Waals surface area contributed by atoms with Crippen molar-refractivity contribution in [2.24, 2.45) is 11.8 Å². The number of rotatable bonds is 12. The number of aliphatic hydroxyl groups is 1. The maximum Gasteiger partial charge on any atom is 0.275 e. The van der Waals surface area contributed by atoms with Crippen LogP contribution >= 0.6 is 12.6 Å². The topological polar surface area (TPSA) is 159 Å². The van der Waals surface area contributed by atoms with Crippen LogP contribution in [0.3, 0.4) is 0 Å². The smallest absolute Gasteiger partial charge is 0.275 e. The molecule has 1 aromatic carbocycles. The number of nitrogens with zero attached hydrogens (tertiary/aromatic N) is 1. The first kappa shape index (κ1) is 29.3. The Morgan fingerprint density at radius 2 is 1.82 bits per heavy atom. The summed E-state index contributed by atoms with van der Waals surface area (Å²) in [4.78, 5) is 62.2. The van der Waals surface area contributed by atoms with Gasteiger partial charge in [-0.3, -0.25) is 24.0 Å². The largest absolute Gasteiger partial charge is 0.369 e. The van der Waals surface area contributed by atoms with Crippen LogP contribution in [0.4, 0.5) is 5.69 Å². The number of aromatic nitrogens is 1. The zero-order valence-corrected chi connectivity index (χ0v) is 23.2. The number of nitrogens with one attached hydrogen (secondary N) is 4. The summed E-state index contributed by atoms with van der Waals surface area (Å²) in [6, 6.07) is 9.97. The maximum absolute atomic E-state index is 13.7. The summed E-state index contributed by atoms with van der Waals surface area (Å²) in [6.07, 6.45) is 4.20. The highest BCUT2D eigenvalue weighted by atomic mass is 32.1. The third-order valence-electron chi connectivity index (χ3n) is 7.39. The maximum atomic E-state index is 13.7. The molecule has 0 bridgehead atoms. The Hall–Kier alpha value is -3.64. The summed E-state index contributed by atoms with van der Waals surface area (Å²) in [5.41, 5.74) is 0.274. The minimum Gasteiger partial charge on any atom is -0.369 e. The lowest BCUT2D eigenvalue weighted by Crippen LogP contribution is -2.59. The van der Waals surface area contributed by atoms with E-state index in [-0.39, 0.29) is 36.3 Å². The Morgan fingerprint density at radius 1 is 1.10 bits per heavy atom. The van der Waals surface area contributed by atoms with Gasteiger partial charge in [0.1, 0.15) is 11.7 Å². The van der Waals surface area contributed by atoms with Crippen LogP contribution in [0.1, 0.15) is 43.7 Å². The van der Waals surface area contributed by atoms with E-state index in [1.165, 1.54) is 23.9 Å². The van der Waals surface area contributed by atoms with Crippen LogP contribution in [0.25, 0.3) is 0 Å². The van der Waals surface area contributed by atoms with Crippen molar-refractivity contribution in [3.63, 3.8) is 0 Å². The zero-order chi connectivity index (χ0) is 28.9. The first-order valence-corrected chi connectivity index (χ1v) is 13.8. The molecular weight excluding hydrogens is 534 g/mol. The van der Waals surface area contributed by atoms with E-state index in [2.05, 4.69) is 33.9 Å². The lowest BCUT2D eigenvalue weighted by atomic mass is 9.93. The molecule has 4 amide bonds. The summed E-state index contributed by atoms with van der Waals surface area (Å²) in [5, 5.41) is 21.4. The number of hydrogen-bond acceptors (Lipinski definition) is 7.